The van der Waals surface area contributed by atoms with Crippen LogP contribution in [0.5, 0.6) is 0 Å². The highest BCUT2D eigenvalue weighted by molar-refractivity contribution is 9.10. The van der Waals surface area contributed by atoms with E-state index in [0.717, 1.165) is 26.4 Å². The van der Waals surface area contributed by atoms with Crippen molar-refractivity contribution in [3.8, 4) is 0 Å². The van der Waals surface area contributed by atoms with Crippen molar-refractivity contribution in [2.75, 3.05) is 6.61 Å². The molecule has 1 aromatic carbocycles. The number of aromatic nitrogens is 2. The van der Waals surface area contributed by atoms with Crippen LogP contribution in [0, 0.1) is 0 Å². The molecule has 3 aromatic rings. The van der Waals surface area contributed by atoms with Gasteiger partial charge in [-0.3, -0.25) is 0 Å². The minimum absolute atomic E-state index is 0.338. The predicted molar refractivity (Wildman–Crippen MR) is 78.4 cm³/mol. The Hall–Kier alpha value is -1.75. The SMILES string of the molecule is CCOC(=O)c1[nH]c2c3ccccc3n(C)c2c1Br. The molecule has 0 spiro atoms. The molecule has 2 heterocycles. The average molecular weight is 321 g/mol. The number of hydrogen-bond acceptors (Lipinski definition) is 2. The maximum Gasteiger partial charge on any atom is 0.356 e. The number of rotatable bonds is 2. The third kappa shape index (κ3) is 1.69. The number of ether oxygens (including phenoxy) is 1. The van der Waals surface area contributed by atoms with Crippen LogP contribution in [0.2, 0.25) is 0 Å². The maximum absolute atomic E-state index is 11.9. The standard InChI is InChI=1S/C14H13BrN2O2/c1-3-19-14(18)12-10(15)13-11(16-12)8-6-4-5-7-9(8)17(13)2/h4-7,16H,3H2,1-2H3. The summed E-state index contributed by atoms with van der Waals surface area (Å²) in [5.74, 6) is -0.338. The van der Waals surface area contributed by atoms with E-state index < -0.39 is 0 Å². The summed E-state index contributed by atoms with van der Waals surface area (Å²) < 4.78 is 7.86. The number of aryl methyl sites for hydroxylation is 1. The van der Waals surface area contributed by atoms with Crippen molar-refractivity contribution in [1.29, 1.82) is 0 Å². The van der Waals surface area contributed by atoms with E-state index in [1.807, 2.05) is 25.2 Å². The lowest BCUT2D eigenvalue weighted by molar-refractivity contribution is 0.0519. The molecule has 0 aliphatic rings. The molecule has 1 N–H and O–H groups in total. The second-order valence-electron chi connectivity index (χ2n) is 4.33. The monoisotopic (exact) mass is 320 g/mol. The highest BCUT2D eigenvalue weighted by Gasteiger charge is 2.21. The number of hydrogen-bond donors (Lipinski definition) is 1. The third-order valence-electron chi connectivity index (χ3n) is 3.26. The summed E-state index contributed by atoms with van der Waals surface area (Å²) in [6.45, 7) is 2.16. The lowest BCUT2D eigenvalue weighted by Gasteiger charge is -2.01. The zero-order valence-corrected chi connectivity index (χ0v) is 12.2. The fourth-order valence-electron chi connectivity index (χ4n) is 2.42. The molecular formula is C14H13BrN2O2. The molecule has 19 heavy (non-hydrogen) atoms. The van der Waals surface area contributed by atoms with Crippen LogP contribution in [0.3, 0.4) is 0 Å². The number of halogens is 1. The van der Waals surface area contributed by atoms with Gasteiger partial charge < -0.3 is 14.3 Å². The molecular weight excluding hydrogens is 308 g/mol. The van der Waals surface area contributed by atoms with Crippen LogP contribution in [0.15, 0.2) is 28.7 Å². The second-order valence-corrected chi connectivity index (χ2v) is 5.13. The fourth-order valence-corrected chi connectivity index (χ4v) is 3.14. The van der Waals surface area contributed by atoms with E-state index in [4.69, 9.17) is 4.74 Å². The number of nitrogens with zero attached hydrogens (tertiary/aromatic N) is 1. The van der Waals surface area contributed by atoms with Crippen LogP contribution in [0.4, 0.5) is 0 Å². The normalized spacial score (nSPS) is 11.3. The van der Waals surface area contributed by atoms with Gasteiger partial charge in [-0.2, -0.15) is 0 Å². The maximum atomic E-state index is 11.9. The number of esters is 1. The van der Waals surface area contributed by atoms with Crippen molar-refractivity contribution in [3.63, 3.8) is 0 Å². The largest absolute Gasteiger partial charge is 0.461 e. The summed E-state index contributed by atoms with van der Waals surface area (Å²) >= 11 is 3.50. The van der Waals surface area contributed by atoms with Gasteiger partial charge in [0.2, 0.25) is 0 Å². The first-order valence-corrected chi connectivity index (χ1v) is 6.86. The van der Waals surface area contributed by atoms with Crippen LogP contribution in [0.1, 0.15) is 17.4 Å². The highest BCUT2D eigenvalue weighted by atomic mass is 79.9. The topological polar surface area (TPSA) is 47.0 Å². The van der Waals surface area contributed by atoms with E-state index in [1.165, 1.54) is 0 Å². The minimum Gasteiger partial charge on any atom is -0.461 e. The number of benzene rings is 1. The van der Waals surface area contributed by atoms with Gasteiger partial charge in [0.25, 0.3) is 0 Å². The lowest BCUT2D eigenvalue weighted by atomic mass is 10.2. The molecule has 0 radical (unpaired) electrons. The summed E-state index contributed by atoms with van der Waals surface area (Å²) in [7, 11) is 1.98. The van der Waals surface area contributed by atoms with E-state index in [0.29, 0.717) is 12.3 Å². The summed E-state index contributed by atoms with van der Waals surface area (Å²) in [5, 5.41) is 1.09. The molecule has 0 saturated heterocycles. The van der Waals surface area contributed by atoms with E-state index in [9.17, 15) is 4.79 Å². The number of nitrogens with one attached hydrogen (secondary N) is 1. The zero-order valence-electron chi connectivity index (χ0n) is 10.7. The number of aromatic amines is 1. The molecule has 0 saturated carbocycles. The second kappa shape index (κ2) is 4.42. The molecule has 0 unspecified atom stereocenters. The third-order valence-corrected chi connectivity index (χ3v) is 4.04. The Balaban J connectivity index is 2.33. The van der Waals surface area contributed by atoms with Crippen molar-refractivity contribution < 1.29 is 9.53 Å². The van der Waals surface area contributed by atoms with E-state index in [1.54, 1.807) is 6.92 Å². The van der Waals surface area contributed by atoms with Crippen LogP contribution in [-0.2, 0) is 11.8 Å². The van der Waals surface area contributed by atoms with E-state index in [2.05, 4.69) is 31.5 Å². The Bertz CT molecular complexity index is 786. The molecule has 0 atom stereocenters. The molecule has 0 bridgehead atoms. The van der Waals surface area contributed by atoms with Gasteiger partial charge in [0.1, 0.15) is 5.69 Å². The van der Waals surface area contributed by atoms with Gasteiger partial charge in [-0.25, -0.2) is 4.79 Å². The van der Waals surface area contributed by atoms with Gasteiger partial charge in [-0.15, -0.1) is 0 Å². The number of fused-ring (bicyclic) bond motifs is 3. The first-order valence-electron chi connectivity index (χ1n) is 6.06. The van der Waals surface area contributed by atoms with Crippen molar-refractivity contribution >= 4 is 43.8 Å². The van der Waals surface area contributed by atoms with Gasteiger partial charge in [-0.05, 0) is 28.9 Å². The molecule has 98 valence electrons. The fraction of sp³-hybridized carbons (Fsp3) is 0.214. The van der Waals surface area contributed by atoms with Gasteiger partial charge >= 0.3 is 5.97 Å². The molecule has 4 nitrogen and oxygen atoms in total. The molecule has 3 rings (SSSR count). The van der Waals surface area contributed by atoms with Gasteiger partial charge in [0.15, 0.2) is 0 Å². The summed E-state index contributed by atoms with van der Waals surface area (Å²) in [6.07, 6.45) is 0. The molecule has 2 aromatic heterocycles. The quantitative estimate of drug-likeness (QED) is 0.733. The highest BCUT2D eigenvalue weighted by Crippen LogP contribution is 2.35. The molecule has 0 aliphatic heterocycles. The summed E-state index contributed by atoms with van der Waals surface area (Å²) in [5.41, 5.74) is 3.52. The van der Waals surface area contributed by atoms with Gasteiger partial charge in [-0.1, -0.05) is 18.2 Å². The lowest BCUT2D eigenvalue weighted by Crippen LogP contribution is -2.05. The number of H-pyrrole nitrogens is 1. The first-order chi connectivity index (χ1) is 9.15. The molecule has 5 heteroatoms. The van der Waals surface area contributed by atoms with Crippen molar-refractivity contribution in [2.24, 2.45) is 7.05 Å². The van der Waals surface area contributed by atoms with E-state index >= 15 is 0 Å². The zero-order chi connectivity index (χ0) is 13.6. The van der Waals surface area contributed by atoms with Crippen LogP contribution < -0.4 is 0 Å². The molecule has 0 fully saturated rings. The van der Waals surface area contributed by atoms with Crippen LogP contribution in [-0.4, -0.2) is 22.1 Å². The minimum atomic E-state index is -0.338. The van der Waals surface area contributed by atoms with Crippen LogP contribution >= 0.6 is 15.9 Å². The van der Waals surface area contributed by atoms with E-state index in [-0.39, 0.29) is 5.97 Å². The van der Waals surface area contributed by atoms with Crippen molar-refractivity contribution in [1.82, 2.24) is 9.55 Å². The first kappa shape index (κ1) is 12.3. The Morgan fingerprint density at radius 3 is 2.89 bits per heavy atom. The smallest absolute Gasteiger partial charge is 0.356 e. The predicted octanol–water partition coefficient (Wildman–Crippen LogP) is 3.60. The Labute approximate surface area is 118 Å². The molecule has 0 amide bonds. The Morgan fingerprint density at radius 2 is 2.16 bits per heavy atom. The van der Waals surface area contributed by atoms with Crippen molar-refractivity contribution in [3.05, 3.63) is 34.4 Å². The van der Waals surface area contributed by atoms with Gasteiger partial charge in [0, 0.05) is 12.4 Å². The Morgan fingerprint density at radius 1 is 1.42 bits per heavy atom. The summed E-state index contributed by atoms with van der Waals surface area (Å²) in [6, 6.07) is 8.08. The van der Waals surface area contributed by atoms with Crippen molar-refractivity contribution in [2.45, 2.75) is 6.92 Å². The summed E-state index contributed by atoms with van der Waals surface area (Å²) in [4.78, 5) is 15.1. The average Bonchev–Trinajstić information content (AvgIpc) is 2.89. The number of carbonyl (C=O) groups is 1. The Kier molecular flexibility index (Phi) is 2.86. The number of para-hydroxylation sites is 1. The molecule has 0 aliphatic carbocycles. The van der Waals surface area contributed by atoms with Gasteiger partial charge in [0.05, 0.1) is 27.6 Å². The van der Waals surface area contributed by atoms with Crippen LogP contribution in [0.25, 0.3) is 21.9 Å². The number of carbonyl (C=O) groups excluding carboxylic acids is 1.